The molecule has 1 saturated carbocycles. The van der Waals surface area contributed by atoms with E-state index in [4.69, 9.17) is 4.74 Å². The molecule has 19 heavy (non-hydrogen) atoms. The van der Waals surface area contributed by atoms with Gasteiger partial charge in [0.05, 0.1) is 6.61 Å². The van der Waals surface area contributed by atoms with E-state index in [1.807, 2.05) is 6.07 Å². The summed E-state index contributed by atoms with van der Waals surface area (Å²) in [5.74, 6) is 1.57. The first kappa shape index (κ1) is 15.1. The van der Waals surface area contributed by atoms with Crippen LogP contribution in [0, 0.1) is 17.3 Å². The quantitative estimate of drug-likeness (QED) is 0.608. The van der Waals surface area contributed by atoms with Crippen LogP contribution in [0.25, 0.3) is 0 Å². The maximum atomic E-state index is 5.86. The van der Waals surface area contributed by atoms with Gasteiger partial charge in [0, 0.05) is 11.9 Å². The van der Waals surface area contributed by atoms with Crippen molar-refractivity contribution in [2.24, 2.45) is 17.3 Å². The molecule has 0 heterocycles. The van der Waals surface area contributed by atoms with E-state index in [1.54, 1.807) is 0 Å². The molecule has 2 rings (SSSR count). The number of alkyl halides is 1. The first-order chi connectivity index (χ1) is 9.14. The molecule has 1 aliphatic carbocycles. The van der Waals surface area contributed by atoms with Gasteiger partial charge in [-0.15, -0.1) is 0 Å². The van der Waals surface area contributed by atoms with Crippen molar-refractivity contribution >= 4 is 15.9 Å². The first-order valence-corrected chi connectivity index (χ1v) is 8.44. The lowest BCUT2D eigenvalue weighted by Gasteiger charge is -2.30. The molecule has 2 heteroatoms. The summed E-state index contributed by atoms with van der Waals surface area (Å²) in [6.07, 6.45) is 4.09. The second-order valence-electron chi connectivity index (χ2n) is 6.37. The van der Waals surface area contributed by atoms with Gasteiger partial charge in [0.2, 0.25) is 0 Å². The summed E-state index contributed by atoms with van der Waals surface area (Å²) in [6, 6.07) is 10.4. The summed E-state index contributed by atoms with van der Waals surface area (Å²) in [6.45, 7) is 6.34. The molecule has 0 radical (unpaired) electrons. The third kappa shape index (κ3) is 4.61. The molecule has 0 spiro atoms. The van der Waals surface area contributed by atoms with Crippen molar-refractivity contribution in [1.82, 2.24) is 0 Å². The van der Waals surface area contributed by atoms with Crippen molar-refractivity contribution < 1.29 is 4.74 Å². The lowest BCUT2D eigenvalue weighted by molar-refractivity contribution is 0.0733. The molecule has 1 fully saturated rings. The minimum absolute atomic E-state index is 0.468. The molecule has 0 bridgehead atoms. The molecular formula is C17H25BrO. The Labute approximate surface area is 125 Å². The fourth-order valence-electron chi connectivity index (χ4n) is 2.92. The van der Waals surface area contributed by atoms with Crippen LogP contribution >= 0.6 is 15.9 Å². The van der Waals surface area contributed by atoms with Crippen LogP contribution in [-0.4, -0.2) is 11.9 Å². The smallest absolute Gasteiger partial charge is 0.0717 e. The van der Waals surface area contributed by atoms with E-state index >= 15 is 0 Å². The van der Waals surface area contributed by atoms with E-state index in [2.05, 4.69) is 54.0 Å². The monoisotopic (exact) mass is 324 g/mol. The summed E-state index contributed by atoms with van der Waals surface area (Å²) >= 11 is 3.71. The molecule has 0 aromatic heterocycles. The molecule has 2 unspecified atom stereocenters. The lowest BCUT2D eigenvalue weighted by Crippen LogP contribution is -2.25. The maximum Gasteiger partial charge on any atom is 0.0717 e. The fraction of sp³-hybridized carbons (Fsp3) is 0.647. The minimum Gasteiger partial charge on any atom is -0.376 e. The van der Waals surface area contributed by atoms with Crippen LogP contribution in [0.4, 0.5) is 0 Å². The van der Waals surface area contributed by atoms with Gasteiger partial charge in [-0.05, 0) is 42.1 Å². The predicted molar refractivity (Wildman–Crippen MR) is 84.5 cm³/mol. The number of hydrogen-bond acceptors (Lipinski definition) is 1. The number of rotatable bonds is 8. The zero-order valence-corrected chi connectivity index (χ0v) is 13.7. The Morgan fingerprint density at radius 2 is 2.00 bits per heavy atom. The Morgan fingerprint density at radius 1 is 1.32 bits per heavy atom. The summed E-state index contributed by atoms with van der Waals surface area (Å²) < 4.78 is 5.86. The van der Waals surface area contributed by atoms with Gasteiger partial charge < -0.3 is 4.74 Å². The lowest BCUT2D eigenvalue weighted by atomic mass is 9.79. The second-order valence-corrected chi connectivity index (χ2v) is 6.93. The van der Waals surface area contributed by atoms with Gasteiger partial charge in [0.25, 0.3) is 0 Å². The number of benzene rings is 1. The Morgan fingerprint density at radius 3 is 2.58 bits per heavy atom. The van der Waals surface area contributed by atoms with Gasteiger partial charge in [-0.2, -0.15) is 0 Å². The SMILES string of the molecule is CC(COCc1ccccc1)CC(C)(CBr)C1CC1. The van der Waals surface area contributed by atoms with E-state index in [9.17, 15) is 0 Å². The third-order valence-electron chi connectivity index (χ3n) is 4.20. The molecule has 0 amide bonds. The highest BCUT2D eigenvalue weighted by molar-refractivity contribution is 9.09. The summed E-state index contributed by atoms with van der Waals surface area (Å²) in [7, 11) is 0. The van der Waals surface area contributed by atoms with Crippen molar-refractivity contribution in [2.75, 3.05) is 11.9 Å². The molecule has 0 saturated heterocycles. The average Bonchev–Trinajstić information content (AvgIpc) is 3.24. The normalized spacial score (nSPS) is 19.9. The van der Waals surface area contributed by atoms with Gasteiger partial charge >= 0.3 is 0 Å². The van der Waals surface area contributed by atoms with Crippen LogP contribution in [0.3, 0.4) is 0 Å². The van der Waals surface area contributed by atoms with E-state index < -0.39 is 0 Å². The van der Waals surface area contributed by atoms with Crippen LogP contribution in [0.15, 0.2) is 30.3 Å². The van der Waals surface area contributed by atoms with Gasteiger partial charge in [0.15, 0.2) is 0 Å². The molecule has 1 aromatic carbocycles. The van der Waals surface area contributed by atoms with Gasteiger partial charge in [-0.25, -0.2) is 0 Å². The zero-order valence-electron chi connectivity index (χ0n) is 12.1. The Hall–Kier alpha value is -0.340. The molecule has 2 atom stereocenters. The van der Waals surface area contributed by atoms with Crippen molar-refractivity contribution in [2.45, 2.75) is 39.7 Å². The van der Waals surface area contributed by atoms with Crippen molar-refractivity contribution in [3.8, 4) is 0 Å². The summed E-state index contributed by atoms with van der Waals surface area (Å²) in [5, 5.41) is 1.12. The van der Waals surface area contributed by atoms with Gasteiger partial charge in [-0.1, -0.05) is 60.1 Å². The Bertz CT molecular complexity index is 374. The predicted octanol–water partition coefficient (Wildman–Crippen LogP) is 5.04. The van der Waals surface area contributed by atoms with Crippen LogP contribution in [-0.2, 0) is 11.3 Å². The van der Waals surface area contributed by atoms with E-state index in [0.717, 1.165) is 24.5 Å². The number of halogens is 1. The van der Waals surface area contributed by atoms with Gasteiger partial charge in [0.1, 0.15) is 0 Å². The summed E-state index contributed by atoms with van der Waals surface area (Å²) in [4.78, 5) is 0. The maximum absolute atomic E-state index is 5.86. The standard InChI is InChI=1S/C17H25BrO/c1-14(10-17(2,13-18)16-8-9-16)11-19-12-15-6-4-3-5-7-15/h3-7,14,16H,8-13H2,1-2H3. The van der Waals surface area contributed by atoms with Crippen molar-refractivity contribution in [3.63, 3.8) is 0 Å². The Kier molecular flexibility index (Phi) is 5.47. The molecular weight excluding hydrogens is 300 g/mol. The number of hydrogen-bond donors (Lipinski definition) is 0. The van der Waals surface area contributed by atoms with Gasteiger partial charge in [-0.3, -0.25) is 0 Å². The topological polar surface area (TPSA) is 9.23 Å². The highest BCUT2D eigenvalue weighted by Crippen LogP contribution is 2.49. The van der Waals surface area contributed by atoms with Crippen LogP contribution in [0.1, 0.15) is 38.7 Å². The van der Waals surface area contributed by atoms with Crippen LogP contribution in [0.2, 0.25) is 0 Å². The summed E-state index contributed by atoms with van der Waals surface area (Å²) in [5.41, 5.74) is 1.73. The average molecular weight is 325 g/mol. The fourth-order valence-corrected chi connectivity index (χ4v) is 3.60. The largest absolute Gasteiger partial charge is 0.376 e. The first-order valence-electron chi connectivity index (χ1n) is 7.31. The molecule has 0 N–H and O–H groups in total. The minimum atomic E-state index is 0.468. The van der Waals surface area contributed by atoms with Crippen molar-refractivity contribution in [1.29, 1.82) is 0 Å². The number of ether oxygens (including phenoxy) is 1. The molecule has 0 aliphatic heterocycles. The second kappa shape index (κ2) is 6.90. The molecule has 106 valence electrons. The van der Waals surface area contributed by atoms with E-state index in [1.165, 1.54) is 24.8 Å². The zero-order chi connectivity index (χ0) is 13.7. The molecule has 1 aromatic rings. The highest BCUT2D eigenvalue weighted by atomic mass is 79.9. The molecule has 1 nitrogen and oxygen atoms in total. The van der Waals surface area contributed by atoms with E-state index in [-0.39, 0.29) is 0 Å². The van der Waals surface area contributed by atoms with Crippen LogP contribution < -0.4 is 0 Å². The third-order valence-corrected chi connectivity index (χ3v) is 5.48. The van der Waals surface area contributed by atoms with E-state index in [0.29, 0.717) is 11.3 Å². The van der Waals surface area contributed by atoms with Crippen LogP contribution in [0.5, 0.6) is 0 Å². The Balaban J connectivity index is 1.71. The molecule has 1 aliphatic rings. The highest BCUT2D eigenvalue weighted by Gasteiger charge is 2.41. The van der Waals surface area contributed by atoms with Crippen molar-refractivity contribution in [3.05, 3.63) is 35.9 Å².